The fraction of sp³-hybridized carbons (Fsp3) is 0.667. The number of hydrogen-bond donors (Lipinski definition) is 6. The average Bonchev–Trinajstić information content (AvgIpc) is 3.19. The monoisotopic (exact) mass is 476 g/mol. The highest BCUT2D eigenvalue weighted by molar-refractivity contribution is 7.98. The molecule has 1 aliphatic rings. The van der Waals surface area contributed by atoms with Crippen molar-refractivity contribution < 1.29 is 44.1 Å². The van der Waals surface area contributed by atoms with E-state index in [1.54, 1.807) is 6.26 Å². The number of carbonyl (C=O) groups excluding carboxylic acids is 3. The molecule has 13 nitrogen and oxygen atoms in total. The van der Waals surface area contributed by atoms with Crippen LogP contribution in [0, 0.1) is 0 Å². The third-order valence-corrected chi connectivity index (χ3v) is 5.43. The van der Waals surface area contributed by atoms with Crippen molar-refractivity contribution in [3.05, 3.63) is 0 Å². The lowest BCUT2D eigenvalue weighted by molar-refractivity contribution is -0.150. The van der Waals surface area contributed by atoms with Crippen LogP contribution in [0.15, 0.2) is 0 Å². The fourth-order valence-electron chi connectivity index (χ4n) is 3.20. The number of thioether (sulfide) groups is 1. The first-order valence-corrected chi connectivity index (χ1v) is 11.2. The van der Waals surface area contributed by atoms with Crippen LogP contribution in [0.1, 0.15) is 32.1 Å². The average molecular weight is 477 g/mol. The number of nitrogens with two attached hydrogens (primary N) is 1. The van der Waals surface area contributed by atoms with Gasteiger partial charge in [-0.25, -0.2) is 4.79 Å². The number of nitrogens with one attached hydrogen (secondary N) is 2. The van der Waals surface area contributed by atoms with Crippen LogP contribution in [0.2, 0.25) is 0 Å². The molecule has 3 amide bonds. The van der Waals surface area contributed by atoms with Crippen molar-refractivity contribution in [2.24, 2.45) is 5.73 Å². The van der Waals surface area contributed by atoms with Gasteiger partial charge in [0.15, 0.2) is 0 Å². The number of carboxylic acid groups (broad SMARTS) is 3. The quantitative estimate of drug-likeness (QED) is 0.172. The molecule has 0 saturated carbocycles. The summed E-state index contributed by atoms with van der Waals surface area (Å²) in [5.74, 6) is -6.10. The third kappa shape index (κ3) is 8.34. The first-order chi connectivity index (χ1) is 15.0. The number of rotatable bonds is 13. The summed E-state index contributed by atoms with van der Waals surface area (Å²) in [5.41, 5.74) is 5.51. The smallest absolute Gasteiger partial charge is 0.326 e. The van der Waals surface area contributed by atoms with E-state index in [4.69, 9.17) is 15.9 Å². The molecule has 0 aromatic rings. The van der Waals surface area contributed by atoms with E-state index in [9.17, 15) is 33.9 Å². The van der Waals surface area contributed by atoms with Crippen molar-refractivity contribution in [1.29, 1.82) is 0 Å². The minimum Gasteiger partial charge on any atom is -0.481 e. The summed E-state index contributed by atoms with van der Waals surface area (Å²) < 4.78 is 0. The molecule has 1 rings (SSSR count). The summed E-state index contributed by atoms with van der Waals surface area (Å²) in [4.78, 5) is 72.2. The zero-order valence-electron chi connectivity index (χ0n) is 17.5. The van der Waals surface area contributed by atoms with Crippen molar-refractivity contribution in [2.45, 2.75) is 56.3 Å². The van der Waals surface area contributed by atoms with E-state index < -0.39 is 72.6 Å². The van der Waals surface area contributed by atoms with Gasteiger partial charge in [-0.3, -0.25) is 24.0 Å². The number of nitrogens with zero attached hydrogens (tertiary/aromatic N) is 1. The maximum atomic E-state index is 12.8. The van der Waals surface area contributed by atoms with Crippen LogP contribution < -0.4 is 16.4 Å². The lowest BCUT2D eigenvalue weighted by atomic mass is 10.1. The zero-order chi connectivity index (χ0) is 24.4. The Balaban J connectivity index is 2.98. The third-order valence-electron chi connectivity index (χ3n) is 4.79. The summed E-state index contributed by atoms with van der Waals surface area (Å²) in [6, 6.07) is -5.26. The van der Waals surface area contributed by atoms with E-state index in [0.717, 1.165) is 4.90 Å². The number of aliphatic carboxylic acids is 3. The van der Waals surface area contributed by atoms with Crippen LogP contribution in [0.3, 0.4) is 0 Å². The summed E-state index contributed by atoms with van der Waals surface area (Å²) >= 11 is 1.36. The van der Waals surface area contributed by atoms with Crippen molar-refractivity contribution >= 4 is 47.4 Å². The molecule has 1 saturated heterocycles. The highest BCUT2D eigenvalue weighted by atomic mass is 32.2. The molecule has 1 aliphatic heterocycles. The van der Waals surface area contributed by atoms with Gasteiger partial charge < -0.3 is 36.6 Å². The van der Waals surface area contributed by atoms with Crippen molar-refractivity contribution in [2.75, 3.05) is 18.6 Å². The second-order valence-electron chi connectivity index (χ2n) is 7.23. The normalized spacial score (nSPS) is 18.3. The molecule has 0 radical (unpaired) electrons. The summed E-state index contributed by atoms with van der Waals surface area (Å²) in [7, 11) is 0. The van der Waals surface area contributed by atoms with E-state index in [-0.39, 0.29) is 19.4 Å². The van der Waals surface area contributed by atoms with E-state index >= 15 is 0 Å². The van der Waals surface area contributed by atoms with Crippen molar-refractivity contribution in [1.82, 2.24) is 15.5 Å². The van der Waals surface area contributed by atoms with Crippen LogP contribution >= 0.6 is 11.8 Å². The number of carbonyl (C=O) groups is 6. The number of hydrogen-bond acceptors (Lipinski definition) is 8. The highest BCUT2D eigenvalue weighted by Crippen LogP contribution is 2.19. The molecule has 32 heavy (non-hydrogen) atoms. The lowest BCUT2D eigenvalue weighted by Crippen LogP contribution is -2.57. The van der Waals surface area contributed by atoms with Gasteiger partial charge in [-0.1, -0.05) is 0 Å². The van der Waals surface area contributed by atoms with Gasteiger partial charge in [0, 0.05) is 6.54 Å². The number of carboxylic acids is 3. The SMILES string of the molecule is CSCCC(NC(=O)C(N)CC(=O)O)C(=O)NC(CC(=O)O)C(=O)N1CCCC1C(=O)O. The Bertz CT molecular complexity index is 748. The Hall–Kier alpha value is -2.87. The predicted octanol–water partition coefficient (Wildman–Crippen LogP) is -1.94. The van der Waals surface area contributed by atoms with Crippen LogP contribution in [0.25, 0.3) is 0 Å². The Morgan fingerprint density at radius 2 is 1.59 bits per heavy atom. The van der Waals surface area contributed by atoms with E-state index in [0.29, 0.717) is 12.2 Å². The van der Waals surface area contributed by atoms with Crippen molar-refractivity contribution in [3.8, 4) is 0 Å². The second-order valence-corrected chi connectivity index (χ2v) is 8.22. The largest absolute Gasteiger partial charge is 0.481 e. The van der Waals surface area contributed by atoms with Crippen LogP contribution in [0.5, 0.6) is 0 Å². The molecule has 1 heterocycles. The molecule has 0 bridgehead atoms. The van der Waals surface area contributed by atoms with E-state index in [2.05, 4.69) is 10.6 Å². The molecule has 0 spiro atoms. The molecule has 180 valence electrons. The molecule has 1 fully saturated rings. The standard InChI is InChI=1S/C18H28N4O9S/c1-32-6-4-10(20-15(27)9(19)7-13(23)24)16(28)21-11(8-14(25)26)17(29)22-5-2-3-12(22)18(30)31/h9-12H,2-8,19H2,1H3,(H,20,27)(H,21,28)(H,23,24)(H,25,26)(H,30,31). The Morgan fingerprint density at radius 3 is 2.12 bits per heavy atom. The van der Waals surface area contributed by atoms with Crippen molar-refractivity contribution in [3.63, 3.8) is 0 Å². The first-order valence-electron chi connectivity index (χ1n) is 9.80. The van der Waals surface area contributed by atoms with Gasteiger partial charge >= 0.3 is 17.9 Å². The zero-order valence-corrected chi connectivity index (χ0v) is 18.3. The molecule has 4 unspecified atom stereocenters. The van der Waals surface area contributed by atoms with Gasteiger partial charge in [0.05, 0.1) is 18.9 Å². The van der Waals surface area contributed by atoms with Crippen LogP contribution in [0.4, 0.5) is 0 Å². The molecule has 14 heteroatoms. The molecule has 4 atom stereocenters. The van der Waals surface area contributed by atoms with Gasteiger partial charge in [-0.15, -0.1) is 0 Å². The van der Waals surface area contributed by atoms with E-state index in [1.807, 2.05) is 0 Å². The van der Waals surface area contributed by atoms with Gasteiger partial charge in [0.25, 0.3) is 0 Å². The predicted molar refractivity (Wildman–Crippen MR) is 112 cm³/mol. The van der Waals surface area contributed by atoms with Crippen LogP contribution in [-0.4, -0.2) is 98.6 Å². The number of likely N-dealkylation sites (tertiary alicyclic amines) is 1. The maximum Gasteiger partial charge on any atom is 0.326 e. The molecule has 0 aliphatic carbocycles. The Morgan fingerprint density at radius 1 is 1.00 bits per heavy atom. The minimum atomic E-state index is -1.54. The Labute approximate surface area is 188 Å². The summed E-state index contributed by atoms with van der Waals surface area (Å²) in [6.45, 7) is 0.110. The maximum absolute atomic E-state index is 12.8. The molecule has 0 aromatic carbocycles. The molecular formula is C18H28N4O9S. The highest BCUT2D eigenvalue weighted by Gasteiger charge is 2.39. The minimum absolute atomic E-state index is 0.105. The van der Waals surface area contributed by atoms with Crippen LogP contribution in [-0.2, 0) is 28.8 Å². The molecule has 7 N–H and O–H groups in total. The topological polar surface area (TPSA) is 216 Å². The summed E-state index contributed by atoms with van der Waals surface area (Å²) in [5, 5.41) is 31.8. The van der Waals surface area contributed by atoms with Gasteiger partial charge in [-0.2, -0.15) is 11.8 Å². The second kappa shape index (κ2) is 12.9. The van der Waals surface area contributed by atoms with Gasteiger partial charge in [-0.05, 0) is 31.3 Å². The summed E-state index contributed by atoms with van der Waals surface area (Å²) in [6.07, 6.45) is 1.05. The molecule has 0 aromatic heterocycles. The van der Waals surface area contributed by atoms with Gasteiger partial charge in [0.1, 0.15) is 18.1 Å². The van der Waals surface area contributed by atoms with E-state index in [1.165, 1.54) is 11.8 Å². The Kier molecular flexibility index (Phi) is 10.9. The number of amides is 3. The molecular weight excluding hydrogens is 448 g/mol. The van der Waals surface area contributed by atoms with Gasteiger partial charge in [0.2, 0.25) is 17.7 Å². The lowest BCUT2D eigenvalue weighted by Gasteiger charge is -2.28. The fourth-order valence-corrected chi connectivity index (χ4v) is 3.67. The first kappa shape index (κ1) is 27.2.